The van der Waals surface area contributed by atoms with Gasteiger partial charge in [0.05, 0.1) is 17.6 Å². The van der Waals surface area contributed by atoms with Gasteiger partial charge in [0.1, 0.15) is 0 Å². The summed E-state index contributed by atoms with van der Waals surface area (Å²) in [6.07, 6.45) is 0. The zero-order valence-corrected chi connectivity index (χ0v) is 9.88. The van der Waals surface area contributed by atoms with Crippen molar-refractivity contribution in [1.29, 1.82) is 0 Å². The summed E-state index contributed by atoms with van der Waals surface area (Å²) in [5, 5.41) is 0. The molecule has 0 radical (unpaired) electrons. The van der Waals surface area contributed by atoms with Crippen LogP contribution in [0.5, 0.6) is 0 Å². The monoisotopic (exact) mass is 238 g/mol. The molecule has 4 nitrogen and oxygen atoms in total. The number of hydrogen-bond acceptors (Lipinski definition) is 3. The molecular formula is C14H14N4. The average molecular weight is 238 g/mol. The SMILES string of the molecule is Nc1ccc2nc(N)n(Cc3ccccc3)c2c1. The molecule has 0 saturated heterocycles. The Hall–Kier alpha value is -2.49. The van der Waals surface area contributed by atoms with Crippen LogP contribution in [0, 0.1) is 0 Å². The third-order valence-electron chi connectivity index (χ3n) is 2.99. The molecule has 3 aromatic rings. The van der Waals surface area contributed by atoms with Crippen LogP contribution in [-0.2, 0) is 6.54 Å². The van der Waals surface area contributed by atoms with Gasteiger partial charge in [-0.3, -0.25) is 0 Å². The van der Waals surface area contributed by atoms with Crippen LogP contribution in [-0.4, -0.2) is 9.55 Å². The summed E-state index contributed by atoms with van der Waals surface area (Å²) in [6, 6.07) is 15.8. The van der Waals surface area contributed by atoms with Crippen LogP contribution >= 0.6 is 0 Å². The second kappa shape index (κ2) is 4.07. The first kappa shape index (κ1) is 10.7. The minimum atomic E-state index is 0.513. The Labute approximate surface area is 105 Å². The molecule has 4 heteroatoms. The first-order valence-corrected chi connectivity index (χ1v) is 5.79. The summed E-state index contributed by atoms with van der Waals surface area (Å²) < 4.78 is 1.97. The topological polar surface area (TPSA) is 69.9 Å². The van der Waals surface area contributed by atoms with E-state index in [0.717, 1.165) is 16.7 Å². The van der Waals surface area contributed by atoms with Gasteiger partial charge in [-0.05, 0) is 23.8 Å². The van der Waals surface area contributed by atoms with Crippen molar-refractivity contribution in [2.24, 2.45) is 0 Å². The van der Waals surface area contributed by atoms with Crippen LogP contribution in [0.1, 0.15) is 5.56 Å². The molecule has 0 fully saturated rings. The summed E-state index contributed by atoms with van der Waals surface area (Å²) in [5.41, 5.74) is 15.5. The Morgan fingerprint density at radius 2 is 1.78 bits per heavy atom. The van der Waals surface area contributed by atoms with E-state index >= 15 is 0 Å². The standard InChI is InChI=1S/C14H14N4/c15-11-6-7-12-13(8-11)18(14(16)17-12)9-10-4-2-1-3-5-10/h1-8H,9,15H2,(H2,16,17). The molecule has 0 spiro atoms. The van der Waals surface area contributed by atoms with Gasteiger partial charge in [0, 0.05) is 5.69 Å². The van der Waals surface area contributed by atoms with Crippen LogP contribution < -0.4 is 11.5 Å². The summed E-state index contributed by atoms with van der Waals surface area (Å²) >= 11 is 0. The molecule has 0 amide bonds. The van der Waals surface area contributed by atoms with Gasteiger partial charge < -0.3 is 16.0 Å². The average Bonchev–Trinajstić information content (AvgIpc) is 2.67. The van der Waals surface area contributed by atoms with E-state index in [1.54, 1.807) is 0 Å². The van der Waals surface area contributed by atoms with Crippen molar-refractivity contribution in [2.45, 2.75) is 6.54 Å². The molecular weight excluding hydrogens is 224 g/mol. The molecule has 4 N–H and O–H groups in total. The third kappa shape index (κ3) is 1.78. The molecule has 18 heavy (non-hydrogen) atoms. The fourth-order valence-corrected chi connectivity index (χ4v) is 2.09. The number of hydrogen-bond donors (Lipinski definition) is 2. The molecule has 1 heterocycles. The molecule has 0 atom stereocenters. The number of rotatable bonds is 2. The van der Waals surface area contributed by atoms with Crippen molar-refractivity contribution in [3.8, 4) is 0 Å². The smallest absolute Gasteiger partial charge is 0.201 e. The normalized spacial score (nSPS) is 10.9. The highest BCUT2D eigenvalue weighted by atomic mass is 15.1. The predicted molar refractivity (Wildman–Crippen MR) is 74.1 cm³/mol. The lowest BCUT2D eigenvalue weighted by Gasteiger charge is -2.06. The Morgan fingerprint density at radius 3 is 2.56 bits per heavy atom. The minimum absolute atomic E-state index is 0.513. The van der Waals surface area contributed by atoms with E-state index in [4.69, 9.17) is 11.5 Å². The molecule has 90 valence electrons. The van der Waals surface area contributed by atoms with Gasteiger partial charge in [0.25, 0.3) is 0 Å². The number of nitrogens with two attached hydrogens (primary N) is 2. The highest BCUT2D eigenvalue weighted by Crippen LogP contribution is 2.21. The number of benzene rings is 2. The highest BCUT2D eigenvalue weighted by molar-refractivity contribution is 5.81. The lowest BCUT2D eigenvalue weighted by molar-refractivity contribution is 0.838. The number of anilines is 2. The summed E-state index contributed by atoms with van der Waals surface area (Å²) in [4.78, 5) is 4.34. The van der Waals surface area contributed by atoms with Crippen molar-refractivity contribution in [1.82, 2.24) is 9.55 Å². The van der Waals surface area contributed by atoms with Crippen molar-refractivity contribution in [3.05, 3.63) is 54.1 Å². The fourth-order valence-electron chi connectivity index (χ4n) is 2.09. The lowest BCUT2D eigenvalue weighted by Crippen LogP contribution is -2.04. The summed E-state index contributed by atoms with van der Waals surface area (Å²) in [5.74, 6) is 0.513. The molecule has 1 aromatic heterocycles. The Bertz CT molecular complexity index is 686. The number of aromatic nitrogens is 2. The first-order chi connectivity index (χ1) is 8.74. The van der Waals surface area contributed by atoms with Crippen LogP contribution in [0.25, 0.3) is 11.0 Å². The van der Waals surface area contributed by atoms with Crippen LogP contribution in [0.4, 0.5) is 11.6 Å². The molecule has 3 rings (SSSR count). The Balaban J connectivity index is 2.11. The van der Waals surface area contributed by atoms with Crippen LogP contribution in [0.15, 0.2) is 48.5 Å². The molecule has 0 aliphatic rings. The third-order valence-corrected chi connectivity index (χ3v) is 2.99. The van der Waals surface area contributed by atoms with E-state index in [0.29, 0.717) is 12.5 Å². The molecule has 2 aromatic carbocycles. The number of imidazole rings is 1. The minimum Gasteiger partial charge on any atom is -0.399 e. The van der Waals surface area contributed by atoms with E-state index in [2.05, 4.69) is 17.1 Å². The molecule has 0 aliphatic carbocycles. The molecule has 0 aliphatic heterocycles. The maximum Gasteiger partial charge on any atom is 0.201 e. The van der Waals surface area contributed by atoms with Gasteiger partial charge in [-0.1, -0.05) is 30.3 Å². The van der Waals surface area contributed by atoms with Gasteiger partial charge >= 0.3 is 0 Å². The van der Waals surface area contributed by atoms with Gasteiger partial charge in [-0.15, -0.1) is 0 Å². The van der Waals surface area contributed by atoms with E-state index in [9.17, 15) is 0 Å². The summed E-state index contributed by atoms with van der Waals surface area (Å²) in [6.45, 7) is 0.701. The number of fused-ring (bicyclic) bond motifs is 1. The molecule has 0 unspecified atom stereocenters. The largest absolute Gasteiger partial charge is 0.399 e. The Morgan fingerprint density at radius 1 is 1.00 bits per heavy atom. The quantitative estimate of drug-likeness (QED) is 0.673. The summed E-state index contributed by atoms with van der Waals surface area (Å²) in [7, 11) is 0. The van der Waals surface area contributed by atoms with Gasteiger partial charge in [-0.25, -0.2) is 4.98 Å². The van der Waals surface area contributed by atoms with Gasteiger partial charge in [0.15, 0.2) is 0 Å². The van der Waals surface area contributed by atoms with Crippen molar-refractivity contribution in [2.75, 3.05) is 11.5 Å². The van der Waals surface area contributed by atoms with E-state index in [1.165, 1.54) is 5.56 Å². The predicted octanol–water partition coefficient (Wildman–Crippen LogP) is 2.25. The zero-order valence-electron chi connectivity index (χ0n) is 9.88. The number of nitrogens with zero attached hydrogens (tertiary/aromatic N) is 2. The highest BCUT2D eigenvalue weighted by Gasteiger charge is 2.08. The second-order valence-corrected chi connectivity index (χ2v) is 4.29. The van der Waals surface area contributed by atoms with Crippen molar-refractivity contribution in [3.63, 3.8) is 0 Å². The fraction of sp³-hybridized carbons (Fsp3) is 0.0714. The molecule has 0 bridgehead atoms. The van der Waals surface area contributed by atoms with Gasteiger partial charge in [0.2, 0.25) is 5.95 Å². The molecule has 0 saturated carbocycles. The number of nitrogen functional groups attached to an aromatic ring is 2. The second-order valence-electron chi connectivity index (χ2n) is 4.29. The van der Waals surface area contributed by atoms with E-state index in [1.807, 2.05) is 41.0 Å². The maximum atomic E-state index is 5.96. The lowest BCUT2D eigenvalue weighted by atomic mass is 10.2. The van der Waals surface area contributed by atoms with E-state index < -0.39 is 0 Å². The first-order valence-electron chi connectivity index (χ1n) is 5.79. The van der Waals surface area contributed by atoms with Crippen LogP contribution in [0.2, 0.25) is 0 Å². The van der Waals surface area contributed by atoms with Crippen LogP contribution in [0.3, 0.4) is 0 Å². The van der Waals surface area contributed by atoms with E-state index in [-0.39, 0.29) is 0 Å². The van der Waals surface area contributed by atoms with Gasteiger partial charge in [-0.2, -0.15) is 0 Å². The zero-order chi connectivity index (χ0) is 12.5. The Kier molecular flexibility index (Phi) is 2.41. The van der Waals surface area contributed by atoms with Crippen molar-refractivity contribution >= 4 is 22.7 Å². The van der Waals surface area contributed by atoms with Crippen molar-refractivity contribution < 1.29 is 0 Å². The maximum absolute atomic E-state index is 5.96.